The average Bonchev–Trinajstić information content (AvgIpc) is 3.18. The molecule has 0 aliphatic carbocycles. The molecule has 4 rings (SSSR count). The lowest BCUT2D eigenvalue weighted by Crippen LogP contribution is -2.53. The number of hydrogen-bond acceptors (Lipinski definition) is 5. The van der Waals surface area contributed by atoms with E-state index in [1.807, 2.05) is 35.2 Å². The number of rotatable bonds is 4. The predicted octanol–water partition coefficient (Wildman–Crippen LogP) is 0.835. The quantitative estimate of drug-likeness (QED) is 0.836. The molecule has 1 amide bonds. The molecule has 7 heteroatoms. The van der Waals surface area contributed by atoms with Gasteiger partial charge >= 0.3 is 0 Å². The highest BCUT2D eigenvalue weighted by Crippen LogP contribution is 2.30. The summed E-state index contributed by atoms with van der Waals surface area (Å²) >= 11 is 0. The number of benzene rings is 1. The van der Waals surface area contributed by atoms with Gasteiger partial charge in [0.2, 0.25) is 5.91 Å². The summed E-state index contributed by atoms with van der Waals surface area (Å²) in [7, 11) is 0. The highest BCUT2D eigenvalue weighted by Gasteiger charge is 2.37. The van der Waals surface area contributed by atoms with Crippen molar-refractivity contribution in [1.82, 2.24) is 25.1 Å². The zero-order valence-corrected chi connectivity index (χ0v) is 12.8. The number of amides is 1. The first-order chi connectivity index (χ1) is 11.3. The molecular weight excluding hydrogens is 294 g/mol. The van der Waals surface area contributed by atoms with Crippen LogP contribution in [0, 0.1) is 11.8 Å². The van der Waals surface area contributed by atoms with E-state index in [1.54, 1.807) is 4.68 Å². The van der Waals surface area contributed by atoms with E-state index in [2.05, 4.69) is 15.5 Å². The van der Waals surface area contributed by atoms with E-state index in [0.29, 0.717) is 17.7 Å². The highest BCUT2D eigenvalue weighted by molar-refractivity contribution is 5.77. The number of carbonyl (C=O) groups is 1. The largest absolute Gasteiger partial charge is 0.381 e. The van der Waals surface area contributed by atoms with Gasteiger partial charge in [-0.25, -0.2) is 4.68 Å². The Morgan fingerprint density at radius 3 is 2.78 bits per heavy atom. The number of hydrogen-bond donors (Lipinski definition) is 0. The number of likely N-dealkylation sites (tertiary alicyclic amines) is 1. The van der Waals surface area contributed by atoms with Gasteiger partial charge in [-0.15, -0.1) is 5.10 Å². The molecule has 2 aliphatic heterocycles. The van der Waals surface area contributed by atoms with Crippen molar-refractivity contribution in [2.24, 2.45) is 11.8 Å². The normalized spacial score (nSPS) is 21.4. The maximum atomic E-state index is 12.4. The van der Waals surface area contributed by atoms with Crippen molar-refractivity contribution < 1.29 is 9.53 Å². The molecule has 3 heterocycles. The molecule has 0 spiro atoms. The molecule has 1 unspecified atom stereocenters. The Morgan fingerprint density at radius 2 is 2.04 bits per heavy atom. The third-order valence-corrected chi connectivity index (χ3v) is 4.74. The van der Waals surface area contributed by atoms with Crippen LogP contribution in [0.3, 0.4) is 0 Å². The molecule has 120 valence electrons. The van der Waals surface area contributed by atoms with Gasteiger partial charge in [-0.3, -0.25) is 4.79 Å². The Balaban J connectivity index is 1.38. The first-order valence-corrected chi connectivity index (χ1v) is 7.98. The molecule has 1 atom stereocenters. The molecule has 0 bridgehead atoms. The fraction of sp³-hybridized carbons (Fsp3) is 0.500. The standard InChI is InChI=1S/C16H19N5O2/c22-15(20-8-14(9-20)13-6-7-23-11-13)10-21-16(17-18-19-21)12-4-2-1-3-5-12/h1-5,13-14H,6-11H2. The van der Waals surface area contributed by atoms with E-state index >= 15 is 0 Å². The van der Waals surface area contributed by atoms with Crippen LogP contribution in [0.2, 0.25) is 0 Å². The molecule has 2 saturated heterocycles. The van der Waals surface area contributed by atoms with E-state index in [-0.39, 0.29) is 12.5 Å². The molecule has 1 aromatic carbocycles. The fourth-order valence-electron chi connectivity index (χ4n) is 3.27. The smallest absolute Gasteiger partial charge is 0.244 e. The van der Waals surface area contributed by atoms with Crippen molar-refractivity contribution in [3.8, 4) is 11.4 Å². The zero-order valence-electron chi connectivity index (χ0n) is 12.8. The molecule has 0 saturated carbocycles. The average molecular weight is 313 g/mol. The minimum atomic E-state index is 0.0737. The lowest BCUT2D eigenvalue weighted by molar-refractivity contribution is -0.139. The molecule has 2 aromatic rings. The number of nitrogens with zero attached hydrogens (tertiary/aromatic N) is 5. The van der Waals surface area contributed by atoms with Crippen LogP contribution in [0.15, 0.2) is 30.3 Å². The minimum Gasteiger partial charge on any atom is -0.381 e. The van der Waals surface area contributed by atoms with Gasteiger partial charge in [0.15, 0.2) is 5.82 Å². The number of ether oxygens (including phenoxy) is 1. The molecule has 2 aliphatic rings. The van der Waals surface area contributed by atoms with Gasteiger partial charge in [0.25, 0.3) is 0 Å². The van der Waals surface area contributed by atoms with E-state index in [4.69, 9.17) is 4.74 Å². The van der Waals surface area contributed by atoms with Crippen molar-refractivity contribution in [1.29, 1.82) is 0 Å². The number of carbonyl (C=O) groups excluding carboxylic acids is 1. The second kappa shape index (κ2) is 6.08. The van der Waals surface area contributed by atoms with Gasteiger partial charge in [-0.2, -0.15) is 0 Å². The molecule has 0 radical (unpaired) electrons. The van der Waals surface area contributed by atoms with Crippen LogP contribution >= 0.6 is 0 Å². The molecular formula is C16H19N5O2. The van der Waals surface area contributed by atoms with Gasteiger partial charge < -0.3 is 9.64 Å². The van der Waals surface area contributed by atoms with Crippen LogP contribution in [0.5, 0.6) is 0 Å². The van der Waals surface area contributed by atoms with E-state index in [9.17, 15) is 4.79 Å². The minimum absolute atomic E-state index is 0.0737. The predicted molar refractivity (Wildman–Crippen MR) is 82.2 cm³/mol. The van der Waals surface area contributed by atoms with E-state index in [0.717, 1.165) is 38.3 Å². The molecule has 2 fully saturated rings. The van der Waals surface area contributed by atoms with Crippen LogP contribution in [-0.2, 0) is 16.1 Å². The first-order valence-electron chi connectivity index (χ1n) is 7.98. The van der Waals surface area contributed by atoms with Gasteiger partial charge in [-0.05, 0) is 28.7 Å². The second-order valence-corrected chi connectivity index (χ2v) is 6.21. The Morgan fingerprint density at radius 1 is 1.22 bits per heavy atom. The lowest BCUT2D eigenvalue weighted by Gasteiger charge is -2.42. The Labute approximate surface area is 134 Å². The molecule has 1 aromatic heterocycles. The van der Waals surface area contributed by atoms with E-state index in [1.165, 1.54) is 0 Å². The van der Waals surface area contributed by atoms with Crippen molar-refractivity contribution in [3.63, 3.8) is 0 Å². The van der Waals surface area contributed by atoms with Crippen LogP contribution in [0.25, 0.3) is 11.4 Å². The Bertz CT molecular complexity index is 675. The molecule has 7 nitrogen and oxygen atoms in total. The molecule has 23 heavy (non-hydrogen) atoms. The van der Waals surface area contributed by atoms with Crippen molar-refractivity contribution in [2.45, 2.75) is 13.0 Å². The van der Waals surface area contributed by atoms with Gasteiger partial charge in [0, 0.05) is 31.9 Å². The van der Waals surface area contributed by atoms with Crippen LogP contribution < -0.4 is 0 Å². The fourth-order valence-corrected chi connectivity index (χ4v) is 3.27. The summed E-state index contributed by atoms with van der Waals surface area (Å²) in [5, 5.41) is 11.7. The number of aromatic nitrogens is 4. The van der Waals surface area contributed by atoms with Crippen molar-refractivity contribution >= 4 is 5.91 Å². The summed E-state index contributed by atoms with van der Waals surface area (Å²) < 4.78 is 7.00. The van der Waals surface area contributed by atoms with Gasteiger partial charge in [-0.1, -0.05) is 30.3 Å². The highest BCUT2D eigenvalue weighted by atomic mass is 16.5. The summed E-state index contributed by atoms with van der Waals surface area (Å²) in [6.45, 7) is 3.55. The molecule has 0 N–H and O–H groups in total. The number of tetrazole rings is 1. The van der Waals surface area contributed by atoms with Crippen molar-refractivity contribution in [3.05, 3.63) is 30.3 Å². The van der Waals surface area contributed by atoms with Gasteiger partial charge in [0.05, 0.1) is 0 Å². The third-order valence-electron chi connectivity index (χ3n) is 4.74. The van der Waals surface area contributed by atoms with Crippen LogP contribution in [-0.4, -0.2) is 57.3 Å². The van der Waals surface area contributed by atoms with Gasteiger partial charge in [0.1, 0.15) is 6.54 Å². The van der Waals surface area contributed by atoms with Crippen LogP contribution in [0.1, 0.15) is 6.42 Å². The lowest BCUT2D eigenvalue weighted by atomic mass is 9.85. The monoisotopic (exact) mass is 313 g/mol. The third kappa shape index (κ3) is 2.84. The second-order valence-electron chi connectivity index (χ2n) is 6.21. The Kier molecular flexibility index (Phi) is 3.78. The summed E-state index contributed by atoms with van der Waals surface area (Å²) in [5.41, 5.74) is 0.912. The summed E-state index contributed by atoms with van der Waals surface area (Å²) in [5.74, 6) is 1.90. The first kappa shape index (κ1) is 14.3. The van der Waals surface area contributed by atoms with E-state index < -0.39 is 0 Å². The van der Waals surface area contributed by atoms with Crippen molar-refractivity contribution in [2.75, 3.05) is 26.3 Å². The maximum Gasteiger partial charge on any atom is 0.244 e. The topological polar surface area (TPSA) is 73.1 Å². The maximum absolute atomic E-state index is 12.4. The zero-order chi connectivity index (χ0) is 15.6. The summed E-state index contributed by atoms with van der Waals surface area (Å²) in [4.78, 5) is 14.3. The summed E-state index contributed by atoms with van der Waals surface area (Å²) in [6, 6.07) is 9.67. The van der Waals surface area contributed by atoms with Crippen LogP contribution in [0.4, 0.5) is 0 Å². The summed E-state index contributed by atoms with van der Waals surface area (Å²) in [6.07, 6.45) is 1.12. The SMILES string of the molecule is O=C(Cn1nnnc1-c1ccccc1)N1CC(C2CCOC2)C1. The Hall–Kier alpha value is -2.28.